The van der Waals surface area contributed by atoms with Crippen molar-refractivity contribution >= 4 is 24.2 Å². The molecule has 0 heterocycles. The normalized spacial score (nSPS) is 10.9. The van der Waals surface area contributed by atoms with Crippen molar-refractivity contribution in [3.8, 4) is 0 Å². The van der Waals surface area contributed by atoms with Gasteiger partial charge in [0.25, 0.3) is 0 Å². The summed E-state index contributed by atoms with van der Waals surface area (Å²) in [5.41, 5.74) is 5.17. The number of nitrogens with two attached hydrogens (primary N) is 1. The van der Waals surface area contributed by atoms with Crippen LogP contribution < -0.4 is 5.73 Å². The van der Waals surface area contributed by atoms with E-state index in [2.05, 4.69) is 0 Å². The molecule has 0 fully saturated rings. The molecule has 1 nitrogen and oxygen atoms in total. The standard InChI is InChI=1S/C10H12FNS.ClH/c11-9(6-7-12)8-13-10-4-2-1-3-5-10;/h1-6H,7-8,12H2;1H. The fourth-order valence-electron chi connectivity index (χ4n) is 0.856. The minimum absolute atomic E-state index is 0. The molecule has 0 aliphatic rings. The Labute approximate surface area is 94.0 Å². The molecule has 2 N–H and O–H groups in total. The van der Waals surface area contributed by atoms with Crippen molar-refractivity contribution in [2.45, 2.75) is 4.90 Å². The highest BCUT2D eigenvalue weighted by Gasteiger charge is 1.95. The maximum Gasteiger partial charge on any atom is 0.107 e. The van der Waals surface area contributed by atoms with Crippen LogP contribution in [0.2, 0.25) is 0 Å². The van der Waals surface area contributed by atoms with E-state index in [9.17, 15) is 4.39 Å². The van der Waals surface area contributed by atoms with Gasteiger partial charge in [-0.25, -0.2) is 4.39 Å². The van der Waals surface area contributed by atoms with Crippen LogP contribution in [0.5, 0.6) is 0 Å². The third kappa shape index (κ3) is 5.27. The van der Waals surface area contributed by atoms with Crippen molar-refractivity contribution in [1.29, 1.82) is 0 Å². The Balaban J connectivity index is 0.00000169. The maximum absolute atomic E-state index is 12.8. The minimum atomic E-state index is -0.156. The molecule has 0 unspecified atom stereocenters. The average Bonchev–Trinajstić information content (AvgIpc) is 2.17. The largest absolute Gasteiger partial charge is 0.327 e. The molecule has 0 aliphatic heterocycles. The number of benzene rings is 1. The zero-order chi connectivity index (χ0) is 9.52. The summed E-state index contributed by atoms with van der Waals surface area (Å²) in [6.07, 6.45) is 1.40. The van der Waals surface area contributed by atoms with Crippen molar-refractivity contribution in [2.24, 2.45) is 5.73 Å². The van der Waals surface area contributed by atoms with Crippen LogP contribution in [0.1, 0.15) is 0 Å². The SMILES string of the molecule is Cl.NCC=C(F)CSc1ccccc1. The molecule has 1 aromatic rings. The van der Waals surface area contributed by atoms with E-state index < -0.39 is 0 Å². The molecule has 0 aliphatic carbocycles. The summed E-state index contributed by atoms with van der Waals surface area (Å²) < 4.78 is 12.8. The van der Waals surface area contributed by atoms with E-state index in [0.717, 1.165) is 4.90 Å². The van der Waals surface area contributed by atoms with Crippen LogP contribution >= 0.6 is 24.2 Å². The predicted molar refractivity (Wildman–Crippen MR) is 62.7 cm³/mol. The first-order valence-electron chi connectivity index (χ1n) is 4.05. The Morgan fingerprint density at radius 3 is 2.57 bits per heavy atom. The van der Waals surface area contributed by atoms with Crippen LogP contribution in [0.3, 0.4) is 0 Å². The second-order valence-electron chi connectivity index (χ2n) is 2.49. The summed E-state index contributed by atoms with van der Waals surface area (Å²) in [5, 5.41) is 0. The Bertz CT molecular complexity index is 277. The molecule has 0 saturated heterocycles. The quantitative estimate of drug-likeness (QED) is 0.810. The van der Waals surface area contributed by atoms with Crippen LogP contribution in [0, 0.1) is 0 Å². The van der Waals surface area contributed by atoms with Gasteiger partial charge in [-0.3, -0.25) is 0 Å². The summed E-state index contributed by atoms with van der Waals surface area (Å²) in [4.78, 5) is 1.07. The van der Waals surface area contributed by atoms with Crippen LogP contribution in [0.4, 0.5) is 4.39 Å². The average molecular weight is 234 g/mol. The van der Waals surface area contributed by atoms with E-state index in [-0.39, 0.29) is 24.8 Å². The molecule has 14 heavy (non-hydrogen) atoms. The molecule has 1 rings (SSSR count). The van der Waals surface area contributed by atoms with E-state index in [4.69, 9.17) is 5.73 Å². The highest BCUT2D eigenvalue weighted by molar-refractivity contribution is 7.99. The van der Waals surface area contributed by atoms with Gasteiger partial charge in [-0.2, -0.15) is 0 Å². The monoisotopic (exact) mass is 233 g/mol. The first-order valence-corrected chi connectivity index (χ1v) is 5.04. The number of hydrogen-bond donors (Lipinski definition) is 1. The summed E-state index contributed by atoms with van der Waals surface area (Å²) in [6.45, 7) is 0.265. The zero-order valence-electron chi connectivity index (χ0n) is 7.65. The Hall–Kier alpha value is -0.510. The molecule has 0 aromatic heterocycles. The molecule has 0 atom stereocenters. The molecule has 4 heteroatoms. The van der Waals surface area contributed by atoms with Gasteiger partial charge < -0.3 is 5.73 Å². The van der Waals surface area contributed by atoms with Crippen LogP contribution in [0.15, 0.2) is 47.1 Å². The number of hydrogen-bond acceptors (Lipinski definition) is 2. The van der Waals surface area contributed by atoms with Crippen molar-refractivity contribution in [2.75, 3.05) is 12.3 Å². The maximum atomic E-state index is 12.8. The molecule has 1 aromatic carbocycles. The Morgan fingerprint density at radius 2 is 2.00 bits per heavy atom. The Morgan fingerprint density at radius 1 is 1.36 bits per heavy atom. The lowest BCUT2D eigenvalue weighted by atomic mass is 10.4. The third-order valence-corrected chi connectivity index (χ3v) is 2.48. The first kappa shape index (κ1) is 13.5. The lowest BCUT2D eigenvalue weighted by molar-refractivity contribution is 0.640. The van der Waals surface area contributed by atoms with E-state index >= 15 is 0 Å². The fourth-order valence-corrected chi connectivity index (χ4v) is 1.63. The molecule has 78 valence electrons. The second kappa shape index (κ2) is 7.85. The van der Waals surface area contributed by atoms with E-state index in [1.807, 2.05) is 30.3 Å². The van der Waals surface area contributed by atoms with Gasteiger partial charge in [-0.15, -0.1) is 24.2 Å². The van der Waals surface area contributed by atoms with Gasteiger partial charge in [0, 0.05) is 17.2 Å². The first-order chi connectivity index (χ1) is 6.33. The number of halogens is 2. The molecular formula is C10H13ClFNS. The van der Waals surface area contributed by atoms with Crippen LogP contribution in [-0.4, -0.2) is 12.3 Å². The van der Waals surface area contributed by atoms with Crippen molar-refractivity contribution in [1.82, 2.24) is 0 Å². The topological polar surface area (TPSA) is 26.0 Å². The highest BCUT2D eigenvalue weighted by atomic mass is 35.5. The lowest BCUT2D eigenvalue weighted by Crippen LogP contribution is -1.94. The molecule has 0 amide bonds. The van der Waals surface area contributed by atoms with Gasteiger partial charge in [0.2, 0.25) is 0 Å². The molecule has 0 spiro atoms. The summed E-state index contributed by atoms with van der Waals surface area (Å²) in [6, 6.07) is 9.73. The minimum Gasteiger partial charge on any atom is -0.327 e. The van der Waals surface area contributed by atoms with E-state index in [1.54, 1.807) is 0 Å². The summed E-state index contributed by atoms with van der Waals surface area (Å²) in [7, 11) is 0. The van der Waals surface area contributed by atoms with Crippen LogP contribution in [0.25, 0.3) is 0 Å². The van der Waals surface area contributed by atoms with E-state index in [1.165, 1.54) is 17.8 Å². The smallest absolute Gasteiger partial charge is 0.107 e. The fraction of sp³-hybridized carbons (Fsp3) is 0.200. The van der Waals surface area contributed by atoms with Crippen molar-refractivity contribution in [3.05, 3.63) is 42.2 Å². The summed E-state index contributed by atoms with van der Waals surface area (Å²) >= 11 is 1.47. The van der Waals surface area contributed by atoms with Gasteiger partial charge in [-0.1, -0.05) is 18.2 Å². The van der Waals surface area contributed by atoms with Gasteiger partial charge in [-0.05, 0) is 18.2 Å². The van der Waals surface area contributed by atoms with Crippen LogP contribution in [-0.2, 0) is 0 Å². The van der Waals surface area contributed by atoms with E-state index in [0.29, 0.717) is 5.75 Å². The molecule has 0 radical (unpaired) electrons. The molecule has 0 bridgehead atoms. The molecular weight excluding hydrogens is 221 g/mol. The highest BCUT2D eigenvalue weighted by Crippen LogP contribution is 2.19. The van der Waals surface area contributed by atoms with Gasteiger partial charge in [0.1, 0.15) is 5.83 Å². The summed E-state index contributed by atoms with van der Waals surface area (Å²) in [5.74, 6) is 0.206. The van der Waals surface area contributed by atoms with Crippen molar-refractivity contribution < 1.29 is 4.39 Å². The number of rotatable bonds is 4. The van der Waals surface area contributed by atoms with Gasteiger partial charge >= 0.3 is 0 Å². The van der Waals surface area contributed by atoms with Crippen molar-refractivity contribution in [3.63, 3.8) is 0 Å². The lowest BCUT2D eigenvalue weighted by Gasteiger charge is -1.98. The molecule has 0 saturated carbocycles. The number of thioether (sulfide) groups is 1. The van der Waals surface area contributed by atoms with Gasteiger partial charge in [0.15, 0.2) is 0 Å². The second-order valence-corrected chi connectivity index (χ2v) is 3.54. The Kier molecular flexibility index (Phi) is 7.57. The van der Waals surface area contributed by atoms with Gasteiger partial charge in [0.05, 0.1) is 0 Å². The third-order valence-electron chi connectivity index (χ3n) is 1.46. The zero-order valence-corrected chi connectivity index (χ0v) is 9.28. The predicted octanol–water partition coefficient (Wildman–Crippen LogP) is 3.01.